The molecule has 5 nitrogen and oxygen atoms in total. The fourth-order valence-electron chi connectivity index (χ4n) is 4.20. The molecule has 3 heterocycles. The van der Waals surface area contributed by atoms with Gasteiger partial charge in [-0.3, -0.25) is 4.90 Å². The van der Waals surface area contributed by atoms with Crippen molar-refractivity contribution in [3.8, 4) is 0 Å². The molecule has 3 rings (SSSR count). The second kappa shape index (κ2) is 6.92. The number of ether oxygens (including phenoxy) is 3. The number of likely N-dealkylation sites (N-methyl/N-ethyl adjacent to an activating group) is 2. The lowest BCUT2D eigenvalue weighted by atomic mass is 9.79. The fourth-order valence-corrected chi connectivity index (χ4v) is 4.20. The highest BCUT2D eigenvalue weighted by Crippen LogP contribution is 2.38. The highest BCUT2D eigenvalue weighted by atomic mass is 16.6. The Kier molecular flexibility index (Phi) is 5.17. The Balaban J connectivity index is 1.64. The summed E-state index contributed by atoms with van der Waals surface area (Å²) in [6, 6.07) is 0.417. The first-order chi connectivity index (χ1) is 10.3. The number of nitrogens with one attached hydrogen (secondary N) is 1. The molecule has 0 aromatic heterocycles. The number of hydrogen-bond acceptors (Lipinski definition) is 5. The monoisotopic (exact) mass is 298 g/mol. The van der Waals surface area contributed by atoms with Crippen molar-refractivity contribution in [2.45, 2.75) is 43.9 Å². The van der Waals surface area contributed by atoms with Gasteiger partial charge >= 0.3 is 0 Å². The van der Waals surface area contributed by atoms with Gasteiger partial charge in [-0.05, 0) is 32.4 Å². The molecule has 4 unspecified atom stereocenters. The van der Waals surface area contributed by atoms with Gasteiger partial charge in [-0.25, -0.2) is 0 Å². The molecule has 0 radical (unpaired) electrons. The van der Waals surface area contributed by atoms with Gasteiger partial charge in [0.15, 0.2) is 0 Å². The van der Waals surface area contributed by atoms with Crippen molar-refractivity contribution < 1.29 is 14.2 Å². The predicted octanol–water partition coefficient (Wildman–Crippen LogP) is 0.881. The van der Waals surface area contributed by atoms with Gasteiger partial charge in [0.25, 0.3) is 0 Å². The minimum Gasteiger partial charge on any atom is -0.378 e. The molecule has 0 aliphatic carbocycles. The van der Waals surface area contributed by atoms with Gasteiger partial charge in [-0.1, -0.05) is 6.92 Å². The van der Waals surface area contributed by atoms with Crippen LogP contribution < -0.4 is 5.32 Å². The van der Waals surface area contributed by atoms with Crippen molar-refractivity contribution in [1.29, 1.82) is 0 Å². The molecule has 0 amide bonds. The van der Waals surface area contributed by atoms with Crippen molar-refractivity contribution in [3.63, 3.8) is 0 Å². The highest BCUT2D eigenvalue weighted by molar-refractivity contribution is 4.96. The first-order valence-electron chi connectivity index (χ1n) is 8.49. The van der Waals surface area contributed by atoms with Crippen LogP contribution in [0, 0.1) is 5.92 Å². The molecule has 1 spiro atoms. The molecule has 3 saturated heterocycles. The van der Waals surface area contributed by atoms with Crippen LogP contribution in [-0.4, -0.2) is 75.8 Å². The SMILES string of the molecule is CCN1CCOC(C(NC)C2CCOC3(CCOC3)C2)C1. The van der Waals surface area contributed by atoms with E-state index in [0.29, 0.717) is 18.1 Å². The summed E-state index contributed by atoms with van der Waals surface area (Å²) in [7, 11) is 2.08. The van der Waals surface area contributed by atoms with E-state index in [4.69, 9.17) is 14.2 Å². The van der Waals surface area contributed by atoms with E-state index in [9.17, 15) is 0 Å². The summed E-state index contributed by atoms with van der Waals surface area (Å²) in [6.45, 7) is 8.79. The molecule has 0 saturated carbocycles. The molecular weight excluding hydrogens is 268 g/mol. The van der Waals surface area contributed by atoms with E-state index in [1.165, 1.54) is 0 Å². The Morgan fingerprint density at radius 2 is 2.24 bits per heavy atom. The summed E-state index contributed by atoms with van der Waals surface area (Å²) in [6.07, 6.45) is 3.57. The largest absolute Gasteiger partial charge is 0.378 e. The first-order valence-corrected chi connectivity index (χ1v) is 8.49. The van der Waals surface area contributed by atoms with Crippen LogP contribution in [0.2, 0.25) is 0 Å². The van der Waals surface area contributed by atoms with E-state index < -0.39 is 0 Å². The Morgan fingerprint density at radius 3 is 2.95 bits per heavy atom. The molecule has 1 N–H and O–H groups in total. The second-order valence-electron chi connectivity index (χ2n) is 6.70. The van der Waals surface area contributed by atoms with Crippen molar-refractivity contribution in [2.24, 2.45) is 5.92 Å². The summed E-state index contributed by atoms with van der Waals surface area (Å²) < 4.78 is 17.8. The molecule has 0 bridgehead atoms. The van der Waals surface area contributed by atoms with Crippen LogP contribution in [0.25, 0.3) is 0 Å². The minimum absolute atomic E-state index is 0.0167. The third kappa shape index (κ3) is 3.42. The van der Waals surface area contributed by atoms with Crippen molar-refractivity contribution in [3.05, 3.63) is 0 Å². The van der Waals surface area contributed by atoms with Crippen LogP contribution in [0.15, 0.2) is 0 Å². The van der Waals surface area contributed by atoms with Crippen molar-refractivity contribution in [1.82, 2.24) is 10.2 Å². The number of morpholine rings is 1. The van der Waals surface area contributed by atoms with Gasteiger partial charge in [0, 0.05) is 38.8 Å². The van der Waals surface area contributed by atoms with Gasteiger partial charge in [-0.15, -0.1) is 0 Å². The summed E-state index contributed by atoms with van der Waals surface area (Å²) in [5.74, 6) is 0.618. The van der Waals surface area contributed by atoms with E-state index >= 15 is 0 Å². The van der Waals surface area contributed by atoms with Crippen LogP contribution in [-0.2, 0) is 14.2 Å². The maximum Gasteiger partial charge on any atom is 0.0939 e. The topological polar surface area (TPSA) is 43.0 Å². The minimum atomic E-state index is -0.0167. The lowest BCUT2D eigenvalue weighted by Gasteiger charge is -2.44. The fraction of sp³-hybridized carbons (Fsp3) is 1.00. The molecule has 0 aromatic carbocycles. The molecule has 122 valence electrons. The standard InChI is InChI=1S/C16H30N2O3/c1-3-18-6-9-20-14(11-18)15(17-2)13-4-7-21-16(10-13)5-8-19-12-16/h13-15,17H,3-12H2,1-2H3. The van der Waals surface area contributed by atoms with Gasteiger partial charge in [0.05, 0.1) is 24.9 Å². The Bertz CT molecular complexity index is 333. The molecule has 21 heavy (non-hydrogen) atoms. The highest BCUT2D eigenvalue weighted by Gasteiger charge is 2.44. The quantitative estimate of drug-likeness (QED) is 0.835. The molecule has 0 aromatic rings. The van der Waals surface area contributed by atoms with Gasteiger partial charge < -0.3 is 19.5 Å². The smallest absolute Gasteiger partial charge is 0.0939 e. The van der Waals surface area contributed by atoms with Crippen molar-refractivity contribution in [2.75, 3.05) is 53.1 Å². The number of nitrogens with zero attached hydrogens (tertiary/aromatic N) is 1. The van der Waals surface area contributed by atoms with Gasteiger partial charge in [-0.2, -0.15) is 0 Å². The number of rotatable bonds is 4. The van der Waals surface area contributed by atoms with E-state index in [0.717, 1.165) is 65.3 Å². The average Bonchev–Trinajstić information content (AvgIpc) is 2.96. The zero-order chi connectivity index (χ0) is 14.7. The molecule has 3 fully saturated rings. The van der Waals surface area contributed by atoms with Crippen molar-refractivity contribution >= 4 is 0 Å². The van der Waals surface area contributed by atoms with Gasteiger partial charge in [0.1, 0.15) is 0 Å². The maximum atomic E-state index is 6.09. The summed E-state index contributed by atoms with van der Waals surface area (Å²) in [5, 5.41) is 3.54. The molecule has 3 aliphatic heterocycles. The summed E-state index contributed by atoms with van der Waals surface area (Å²) in [4.78, 5) is 2.49. The van der Waals surface area contributed by atoms with E-state index in [1.807, 2.05) is 0 Å². The normalized spacial score (nSPS) is 39.7. The lowest BCUT2D eigenvalue weighted by molar-refractivity contribution is -0.120. The second-order valence-corrected chi connectivity index (χ2v) is 6.70. The van der Waals surface area contributed by atoms with E-state index in [-0.39, 0.29) is 5.60 Å². The average molecular weight is 298 g/mol. The molecule has 3 aliphatic rings. The third-order valence-electron chi connectivity index (χ3n) is 5.46. The molecule has 5 heteroatoms. The van der Waals surface area contributed by atoms with E-state index in [2.05, 4.69) is 24.2 Å². The van der Waals surface area contributed by atoms with Crippen LogP contribution >= 0.6 is 0 Å². The molecule has 4 atom stereocenters. The third-order valence-corrected chi connectivity index (χ3v) is 5.46. The first kappa shape index (κ1) is 15.7. The molecular formula is C16H30N2O3. The summed E-state index contributed by atoms with van der Waals surface area (Å²) >= 11 is 0. The van der Waals surface area contributed by atoms with Crippen LogP contribution in [0.1, 0.15) is 26.2 Å². The summed E-state index contributed by atoms with van der Waals surface area (Å²) in [5.41, 5.74) is -0.0167. The number of hydrogen-bond donors (Lipinski definition) is 1. The Hall–Kier alpha value is -0.200. The Morgan fingerprint density at radius 1 is 1.33 bits per heavy atom. The lowest BCUT2D eigenvalue weighted by Crippen LogP contribution is -2.56. The zero-order valence-corrected chi connectivity index (χ0v) is 13.5. The Labute approximate surface area is 128 Å². The maximum absolute atomic E-state index is 6.09. The van der Waals surface area contributed by atoms with E-state index in [1.54, 1.807) is 0 Å². The van der Waals surface area contributed by atoms with Crippen LogP contribution in [0.3, 0.4) is 0 Å². The predicted molar refractivity (Wildman–Crippen MR) is 81.5 cm³/mol. The zero-order valence-electron chi connectivity index (χ0n) is 13.5. The van der Waals surface area contributed by atoms with Crippen LogP contribution in [0.5, 0.6) is 0 Å². The van der Waals surface area contributed by atoms with Gasteiger partial charge in [0.2, 0.25) is 0 Å². The van der Waals surface area contributed by atoms with Crippen LogP contribution in [0.4, 0.5) is 0 Å².